The number of aliphatic imine (C=N–C) groups is 2. The molecule has 0 aliphatic rings. The zero-order valence-electron chi connectivity index (χ0n) is 11.0. The Hall–Kier alpha value is -0.920. The maximum atomic E-state index is 4.59. The monoisotopic (exact) mass is 208 g/mol. The van der Waals surface area contributed by atoms with Crippen molar-refractivity contribution in [3.8, 4) is 0 Å². The Morgan fingerprint density at radius 2 is 1.67 bits per heavy atom. The van der Waals surface area contributed by atoms with Crippen LogP contribution in [0, 0.1) is 11.8 Å². The van der Waals surface area contributed by atoms with Gasteiger partial charge in [-0.05, 0) is 25.7 Å². The van der Waals surface area contributed by atoms with Crippen molar-refractivity contribution in [3.63, 3.8) is 0 Å². The second kappa shape index (κ2) is 6.54. The quantitative estimate of drug-likeness (QED) is 0.615. The van der Waals surface area contributed by atoms with E-state index in [1.54, 1.807) is 0 Å². The molecule has 2 heteroatoms. The average Bonchev–Trinajstić information content (AvgIpc) is 2.13. The van der Waals surface area contributed by atoms with Crippen molar-refractivity contribution < 1.29 is 0 Å². The Bertz CT molecular complexity index is 270. The van der Waals surface area contributed by atoms with Gasteiger partial charge in [-0.15, -0.1) is 0 Å². The first-order valence-electron chi connectivity index (χ1n) is 5.68. The van der Waals surface area contributed by atoms with Crippen LogP contribution in [0.4, 0.5) is 0 Å². The summed E-state index contributed by atoms with van der Waals surface area (Å²) in [6, 6.07) is 0. The van der Waals surface area contributed by atoms with E-state index in [0.717, 1.165) is 23.7 Å². The van der Waals surface area contributed by atoms with Crippen LogP contribution in [0.15, 0.2) is 22.3 Å². The van der Waals surface area contributed by atoms with Crippen molar-refractivity contribution in [2.75, 3.05) is 6.54 Å². The summed E-state index contributed by atoms with van der Waals surface area (Å²) in [7, 11) is 0. The van der Waals surface area contributed by atoms with Gasteiger partial charge < -0.3 is 0 Å². The molecule has 0 aliphatic carbocycles. The molecule has 0 bridgehead atoms. The van der Waals surface area contributed by atoms with Gasteiger partial charge in [-0.25, -0.2) is 0 Å². The second-order valence-corrected chi connectivity index (χ2v) is 4.36. The third-order valence-corrected chi connectivity index (χ3v) is 2.24. The Morgan fingerprint density at radius 1 is 1.13 bits per heavy atom. The Balaban J connectivity index is 4.98. The summed E-state index contributed by atoms with van der Waals surface area (Å²) < 4.78 is 0. The van der Waals surface area contributed by atoms with Gasteiger partial charge in [0.15, 0.2) is 0 Å². The van der Waals surface area contributed by atoms with Crippen molar-refractivity contribution in [2.45, 2.75) is 41.5 Å². The summed E-state index contributed by atoms with van der Waals surface area (Å²) in [6.07, 6.45) is 0. The molecule has 86 valence electrons. The van der Waals surface area contributed by atoms with E-state index < -0.39 is 0 Å². The highest BCUT2D eigenvalue weighted by atomic mass is 14.8. The molecule has 0 amide bonds. The molecule has 0 radical (unpaired) electrons. The average molecular weight is 208 g/mol. The lowest BCUT2D eigenvalue weighted by Gasteiger charge is -2.12. The third-order valence-electron chi connectivity index (χ3n) is 2.24. The zero-order valence-corrected chi connectivity index (χ0v) is 11.0. The molecule has 0 fully saturated rings. The van der Waals surface area contributed by atoms with Gasteiger partial charge in [-0.3, -0.25) is 9.98 Å². The lowest BCUT2D eigenvalue weighted by atomic mass is 10.0. The topological polar surface area (TPSA) is 24.7 Å². The van der Waals surface area contributed by atoms with E-state index in [1.165, 1.54) is 0 Å². The fourth-order valence-electron chi connectivity index (χ4n) is 1.23. The number of hydrogen-bond acceptors (Lipinski definition) is 2. The van der Waals surface area contributed by atoms with E-state index in [1.807, 2.05) is 13.8 Å². The third kappa shape index (κ3) is 4.91. The van der Waals surface area contributed by atoms with Gasteiger partial charge in [0, 0.05) is 12.2 Å². The van der Waals surface area contributed by atoms with Gasteiger partial charge in [0.05, 0.1) is 11.4 Å². The first-order valence-corrected chi connectivity index (χ1v) is 5.68. The minimum absolute atomic E-state index is 0.396. The summed E-state index contributed by atoms with van der Waals surface area (Å²) >= 11 is 0. The summed E-state index contributed by atoms with van der Waals surface area (Å²) in [5, 5.41) is 0. The highest BCUT2D eigenvalue weighted by Crippen LogP contribution is 2.11. The summed E-state index contributed by atoms with van der Waals surface area (Å²) in [4.78, 5) is 8.99. The van der Waals surface area contributed by atoms with Crippen LogP contribution < -0.4 is 0 Å². The number of rotatable bonds is 5. The first kappa shape index (κ1) is 14.1. The van der Waals surface area contributed by atoms with Gasteiger partial charge in [0.25, 0.3) is 0 Å². The van der Waals surface area contributed by atoms with Crippen molar-refractivity contribution in [1.29, 1.82) is 0 Å². The molecule has 2 nitrogen and oxygen atoms in total. The second-order valence-electron chi connectivity index (χ2n) is 4.36. The van der Waals surface area contributed by atoms with Gasteiger partial charge in [0.2, 0.25) is 0 Å². The molecule has 0 aromatic rings. The fraction of sp³-hybridized carbons (Fsp3) is 0.692. The molecule has 15 heavy (non-hydrogen) atoms. The maximum Gasteiger partial charge on any atom is 0.0639 e. The predicted octanol–water partition coefficient (Wildman–Crippen LogP) is 3.73. The lowest BCUT2D eigenvalue weighted by Crippen LogP contribution is -2.18. The van der Waals surface area contributed by atoms with E-state index in [2.05, 4.69) is 44.3 Å². The molecule has 0 aromatic carbocycles. The number of allylic oxidation sites excluding steroid dienone is 1. The smallest absolute Gasteiger partial charge is 0.0639 e. The van der Waals surface area contributed by atoms with Crippen molar-refractivity contribution in [1.82, 2.24) is 0 Å². The van der Waals surface area contributed by atoms with Crippen LogP contribution in [0.3, 0.4) is 0 Å². The van der Waals surface area contributed by atoms with Gasteiger partial charge >= 0.3 is 0 Å². The van der Waals surface area contributed by atoms with Crippen LogP contribution in [0.5, 0.6) is 0 Å². The highest BCUT2D eigenvalue weighted by molar-refractivity contribution is 6.42. The number of nitrogens with zero attached hydrogens (tertiary/aromatic N) is 2. The van der Waals surface area contributed by atoms with Crippen LogP contribution in [-0.4, -0.2) is 18.0 Å². The van der Waals surface area contributed by atoms with Crippen LogP contribution in [0.25, 0.3) is 0 Å². The molecule has 0 aliphatic heterocycles. The van der Waals surface area contributed by atoms with Crippen molar-refractivity contribution >= 4 is 11.4 Å². The SMILES string of the molecule is C=C(/N=C(\C(C)=N/CC)C(C)C)C(C)C. The van der Waals surface area contributed by atoms with Crippen LogP contribution in [0.2, 0.25) is 0 Å². The summed E-state index contributed by atoms with van der Waals surface area (Å²) in [5.74, 6) is 0.795. The highest BCUT2D eigenvalue weighted by Gasteiger charge is 2.10. The van der Waals surface area contributed by atoms with Gasteiger partial charge in [0.1, 0.15) is 0 Å². The number of hydrogen-bond donors (Lipinski definition) is 0. The van der Waals surface area contributed by atoms with E-state index >= 15 is 0 Å². The van der Waals surface area contributed by atoms with E-state index in [0.29, 0.717) is 11.8 Å². The van der Waals surface area contributed by atoms with Crippen molar-refractivity contribution in [3.05, 3.63) is 12.3 Å². The van der Waals surface area contributed by atoms with Crippen LogP contribution >= 0.6 is 0 Å². The van der Waals surface area contributed by atoms with Gasteiger partial charge in [-0.2, -0.15) is 0 Å². The molecule has 0 atom stereocenters. The van der Waals surface area contributed by atoms with E-state index in [9.17, 15) is 0 Å². The molecular formula is C13H24N2. The van der Waals surface area contributed by atoms with Crippen LogP contribution in [-0.2, 0) is 0 Å². The summed E-state index contributed by atoms with van der Waals surface area (Å²) in [6.45, 7) is 17.3. The normalized spacial score (nSPS) is 13.9. The molecule has 0 heterocycles. The van der Waals surface area contributed by atoms with E-state index in [4.69, 9.17) is 0 Å². The maximum absolute atomic E-state index is 4.59. The van der Waals surface area contributed by atoms with E-state index in [-0.39, 0.29) is 0 Å². The van der Waals surface area contributed by atoms with Crippen molar-refractivity contribution in [2.24, 2.45) is 21.8 Å². The fourth-order valence-corrected chi connectivity index (χ4v) is 1.23. The zero-order chi connectivity index (χ0) is 12.0. The molecule has 0 saturated heterocycles. The molecule has 0 spiro atoms. The first-order chi connectivity index (χ1) is 6.90. The molecule has 0 saturated carbocycles. The van der Waals surface area contributed by atoms with Gasteiger partial charge in [-0.1, -0.05) is 34.3 Å². The molecule has 0 aromatic heterocycles. The Kier molecular flexibility index (Phi) is 6.14. The minimum Gasteiger partial charge on any atom is -0.288 e. The lowest BCUT2D eigenvalue weighted by molar-refractivity contribution is 0.757. The summed E-state index contributed by atoms with van der Waals surface area (Å²) in [5.41, 5.74) is 3.04. The van der Waals surface area contributed by atoms with Crippen LogP contribution in [0.1, 0.15) is 41.5 Å². The Morgan fingerprint density at radius 3 is 2.00 bits per heavy atom. The molecular weight excluding hydrogens is 184 g/mol. The molecule has 0 rings (SSSR count). The standard InChI is InChI=1S/C13H24N2/c1-8-14-12(7)13(10(4)5)15-11(6)9(2)3/h9-10H,6,8H2,1-5,7H3/b14-12-,15-13-. The predicted molar refractivity (Wildman–Crippen MR) is 69.9 cm³/mol. The minimum atomic E-state index is 0.396. The Labute approximate surface area is 94.2 Å². The molecule has 0 N–H and O–H groups in total. The largest absolute Gasteiger partial charge is 0.288 e. The molecule has 0 unspecified atom stereocenters.